The van der Waals surface area contributed by atoms with E-state index in [1.165, 1.54) is 38.5 Å². The lowest BCUT2D eigenvalue weighted by Crippen LogP contribution is -2.43. The summed E-state index contributed by atoms with van der Waals surface area (Å²) >= 11 is 0. The van der Waals surface area contributed by atoms with Crippen LogP contribution in [0.1, 0.15) is 52.4 Å². The van der Waals surface area contributed by atoms with Crippen molar-refractivity contribution in [1.82, 2.24) is 4.90 Å². The minimum Gasteiger partial charge on any atom is -0.330 e. The number of hydrogen-bond donors (Lipinski definition) is 1. The fourth-order valence-electron chi connectivity index (χ4n) is 3.47. The van der Waals surface area contributed by atoms with E-state index < -0.39 is 0 Å². The van der Waals surface area contributed by atoms with Crippen LogP contribution in [0.3, 0.4) is 0 Å². The summed E-state index contributed by atoms with van der Waals surface area (Å²) in [5, 5.41) is 0. The van der Waals surface area contributed by atoms with Crippen LogP contribution in [0.4, 0.5) is 0 Å². The third kappa shape index (κ3) is 3.69. The van der Waals surface area contributed by atoms with Gasteiger partial charge in [-0.3, -0.25) is 0 Å². The molecule has 2 unspecified atom stereocenters. The molecule has 2 saturated carbocycles. The highest BCUT2D eigenvalue weighted by Gasteiger charge is 2.36. The lowest BCUT2D eigenvalue weighted by molar-refractivity contribution is 0.110. The minimum atomic E-state index is 0.265. The lowest BCUT2D eigenvalue weighted by Gasteiger charge is -2.39. The fourth-order valence-corrected chi connectivity index (χ4v) is 3.47. The summed E-state index contributed by atoms with van der Waals surface area (Å²) in [5.74, 6) is 2.13. The first-order chi connectivity index (χ1) is 8.02. The summed E-state index contributed by atoms with van der Waals surface area (Å²) < 4.78 is 0. The summed E-state index contributed by atoms with van der Waals surface area (Å²) in [6.07, 6.45) is 8.81. The Kier molecular flexibility index (Phi) is 4.14. The van der Waals surface area contributed by atoms with E-state index in [1.807, 2.05) is 0 Å². The summed E-state index contributed by atoms with van der Waals surface area (Å²) in [5.41, 5.74) is 6.11. The van der Waals surface area contributed by atoms with Crippen LogP contribution in [0.25, 0.3) is 0 Å². The van der Waals surface area contributed by atoms with Gasteiger partial charge in [-0.15, -0.1) is 0 Å². The van der Waals surface area contributed by atoms with E-state index in [9.17, 15) is 0 Å². The molecule has 2 fully saturated rings. The van der Waals surface area contributed by atoms with E-state index in [-0.39, 0.29) is 5.41 Å². The molecule has 0 aromatic carbocycles. The van der Waals surface area contributed by atoms with Gasteiger partial charge in [-0.2, -0.15) is 0 Å². The maximum absolute atomic E-state index is 5.84. The second-order valence-electron chi connectivity index (χ2n) is 7.20. The van der Waals surface area contributed by atoms with Gasteiger partial charge in [-0.25, -0.2) is 0 Å². The van der Waals surface area contributed by atoms with Crippen molar-refractivity contribution in [3.63, 3.8) is 0 Å². The normalized spacial score (nSPS) is 30.9. The Bertz CT molecular complexity index is 245. The standard InChI is InChI=1S/C15H30N2/c1-15(2,10-16)11-17(3)14-6-4-5-13(9-14)12-7-8-12/h12-14H,4-11,16H2,1-3H3. The molecular formula is C15H30N2. The third-order valence-corrected chi connectivity index (χ3v) is 4.83. The topological polar surface area (TPSA) is 29.3 Å². The molecular weight excluding hydrogens is 208 g/mol. The SMILES string of the molecule is CN(CC(C)(C)CN)C1CCCC(C2CC2)C1. The van der Waals surface area contributed by atoms with Crippen LogP contribution in [0, 0.1) is 17.3 Å². The fraction of sp³-hybridized carbons (Fsp3) is 1.00. The monoisotopic (exact) mass is 238 g/mol. The van der Waals surface area contributed by atoms with Crippen LogP contribution in [0.5, 0.6) is 0 Å². The molecule has 0 aromatic heterocycles. The Balaban J connectivity index is 1.83. The average molecular weight is 238 g/mol. The number of hydrogen-bond acceptors (Lipinski definition) is 2. The summed E-state index contributed by atoms with van der Waals surface area (Å²) in [7, 11) is 2.30. The molecule has 2 rings (SSSR count). The zero-order valence-electron chi connectivity index (χ0n) is 11.9. The zero-order chi connectivity index (χ0) is 12.5. The van der Waals surface area contributed by atoms with Crippen molar-refractivity contribution in [3.8, 4) is 0 Å². The van der Waals surface area contributed by atoms with E-state index in [0.717, 1.165) is 31.0 Å². The number of nitrogens with zero attached hydrogens (tertiary/aromatic N) is 1. The molecule has 0 radical (unpaired) electrons. The Morgan fingerprint density at radius 1 is 1.12 bits per heavy atom. The van der Waals surface area contributed by atoms with Crippen LogP contribution >= 0.6 is 0 Å². The molecule has 0 saturated heterocycles. The molecule has 2 aliphatic rings. The van der Waals surface area contributed by atoms with Crippen molar-refractivity contribution in [3.05, 3.63) is 0 Å². The van der Waals surface area contributed by atoms with E-state index in [4.69, 9.17) is 5.73 Å². The van der Waals surface area contributed by atoms with Crippen molar-refractivity contribution in [1.29, 1.82) is 0 Å². The molecule has 2 N–H and O–H groups in total. The average Bonchev–Trinajstić information content (AvgIpc) is 3.12. The van der Waals surface area contributed by atoms with E-state index in [0.29, 0.717) is 0 Å². The van der Waals surface area contributed by atoms with E-state index in [2.05, 4.69) is 25.8 Å². The van der Waals surface area contributed by atoms with Crippen molar-refractivity contribution in [2.24, 2.45) is 23.0 Å². The molecule has 2 aliphatic carbocycles. The maximum Gasteiger partial charge on any atom is 0.00951 e. The first-order valence-electron chi connectivity index (χ1n) is 7.42. The Morgan fingerprint density at radius 2 is 1.82 bits per heavy atom. The molecule has 2 atom stereocenters. The van der Waals surface area contributed by atoms with Crippen molar-refractivity contribution in [2.75, 3.05) is 20.1 Å². The zero-order valence-corrected chi connectivity index (χ0v) is 11.9. The first kappa shape index (κ1) is 13.4. The van der Waals surface area contributed by atoms with Crippen LogP contribution in [-0.4, -0.2) is 31.1 Å². The smallest absolute Gasteiger partial charge is 0.00951 e. The van der Waals surface area contributed by atoms with Crippen molar-refractivity contribution in [2.45, 2.75) is 58.4 Å². The largest absolute Gasteiger partial charge is 0.330 e. The molecule has 0 aliphatic heterocycles. The molecule has 100 valence electrons. The predicted molar refractivity (Wildman–Crippen MR) is 73.9 cm³/mol. The van der Waals surface area contributed by atoms with Gasteiger partial charge in [0.25, 0.3) is 0 Å². The highest BCUT2D eigenvalue weighted by Crippen LogP contribution is 2.44. The van der Waals surface area contributed by atoms with Gasteiger partial charge in [0.05, 0.1) is 0 Å². The Labute approximate surface area is 107 Å². The second-order valence-corrected chi connectivity index (χ2v) is 7.20. The summed E-state index contributed by atoms with van der Waals surface area (Å²) in [4.78, 5) is 2.58. The van der Waals surface area contributed by atoms with Gasteiger partial charge in [-0.05, 0) is 56.5 Å². The quantitative estimate of drug-likeness (QED) is 0.798. The number of rotatable bonds is 5. The van der Waals surface area contributed by atoms with E-state index >= 15 is 0 Å². The maximum atomic E-state index is 5.84. The molecule has 17 heavy (non-hydrogen) atoms. The molecule has 2 heteroatoms. The molecule has 0 bridgehead atoms. The molecule has 0 aromatic rings. The van der Waals surface area contributed by atoms with Gasteiger partial charge in [0.2, 0.25) is 0 Å². The van der Waals surface area contributed by atoms with Gasteiger partial charge < -0.3 is 10.6 Å². The van der Waals surface area contributed by atoms with Gasteiger partial charge in [-0.1, -0.05) is 26.7 Å². The van der Waals surface area contributed by atoms with Crippen molar-refractivity contribution >= 4 is 0 Å². The third-order valence-electron chi connectivity index (χ3n) is 4.83. The second kappa shape index (κ2) is 5.27. The molecule has 0 spiro atoms. The summed E-state index contributed by atoms with van der Waals surface area (Å²) in [6, 6.07) is 0.820. The molecule has 0 amide bonds. The van der Waals surface area contributed by atoms with Crippen LogP contribution in [-0.2, 0) is 0 Å². The van der Waals surface area contributed by atoms with Gasteiger partial charge in [0, 0.05) is 12.6 Å². The minimum absolute atomic E-state index is 0.265. The predicted octanol–water partition coefficient (Wildman–Crippen LogP) is 2.87. The van der Waals surface area contributed by atoms with E-state index in [1.54, 1.807) is 0 Å². The van der Waals surface area contributed by atoms with Crippen LogP contribution in [0.2, 0.25) is 0 Å². The van der Waals surface area contributed by atoms with Gasteiger partial charge in [0.15, 0.2) is 0 Å². The van der Waals surface area contributed by atoms with Gasteiger partial charge in [0.1, 0.15) is 0 Å². The van der Waals surface area contributed by atoms with Crippen LogP contribution in [0.15, 0.2) is 0 Å². The summed E-state index contributed by atoms with van der Waals surface area (Å²) in [6.45, 7) is 6.50. The van der Waals surface area contributed by atoms with Gasteiger partial charge >= 0.3 is 0 Å². The molecule has 2 nitrogen and oxygen atoms in total. The molecule has 0 heterocycles. The first-order valence-corrected chi connectivity index (χ1v) is 7.42. The van der Waals surface area contributed by atoms with Crippen molar-refractivity contribution < 1.29 is 0 Å². The highest BCUT2D eigenvalue weighted by atomic mass is 15.1. The Hall–Kier alpha value is -0.0800. The number of nitrogens with two attached hydrogens (primary N) is 1. The Morgan fingerprint density at radius 3 is 2.41 bits per heavy atom. The van der Waals surface area contributed by atoms with Crippen LogP contribution < -0.4 is 5.73 Å². The highest BCUT2D eigenvalue weighted by molar-refractivity contribution is 4.89. The lowest BCUT2D eigenvalue weighted by atomic mass is 9.81.